The Morgan fingerprint density at radius 3 is 2.53 bits per heavy atom. The lowest BCUT2D eigenvalue weighted by Crippen LogP contribution is -2.35. The van der Waals surface area contributed by atoms with E-state index in [1.54, 1.807) is 6.33 Å². The molecular formula is C22H35N7O. The standard InChI is InChI=1S/C20H29N7O.C2H6/c1-20(4-5-20)27-13-24-26-19(27)28-12-14-8-15(9-14)16-10-22-18(23-11-16)25-17-2-6-21-7-3-17;1-2/h10-11,13-15,17,21H,2-9,12H2,1H3,(H,22,23,25);1-2H3. The van der Waals surface area contributed by atoms with Crippen LogP contribution in [0.3, 0.4) is 0 Å². The number of nitrogens with one attached hydrogen (secondary N) is 2. The van der Waals surface area contributed by atoms with Crippen molar-refractivity contribution >= 4 is 5.95 Å². The van der Waals surface area contributed by atoms with Gasteiger partial charge in [0, 0.05) is 24.0 Å². The van der Waals surface area contributed by atoms with Crippen LogP contribution in [0, 0.1) is 5.92 Å². The van der Waals surface area contributed by atoms with Crippen LogP contribution in [0.1, 0.15) is 70.8 Å². The molecule has 1 aliphatic heterocycles. The van der Waals surface area contributed by atoms with E-state index in [1.165, 1.54) is 18.4 Å². The van der Waals surface area contributed by atoms with Gasteiger partial charge in [0.25, 0.3) is 0 Å². The lowest BCUT2D eigenvalue weighted by molar-refractivity contribution is 0.142. The third-order valence-corrected chi connectivity index (χ3v) is 6.57. The van der Waals surface area contributed by atoms with Crippen molar-refractivity contribution in [1.29, 1.82) is 0 Å². The molecule has 0 spiro atoms. The summed E-state index contributed by atoms with van der Waals surface area (Å²) in [5.74, 6) is 1.86. The van der Waals surface area contributed by atoms with Crippen molar-refractivity contribution in [3.63, 3.8) is 0 Å². The van der Waals surface area contributed by atoms with Gasteiger partial charge in [-0.1, -0.05) is 18.9 Å². The average molecular weight is 414 g/mol. The first-order valence-corrected chi connectivity index (χ1v) is 11.5. The number of hydrogen-bond acceptors (Lipinski definition) is 7. The molecule has 3 heterocycles. The van der Waals surface area contributed by atoms with E-state index in [1.807, 2.05) is 26.2 Å². The van der Waals surface area contributed by atoms with E-state index in [0.29, 0.717) is 30.5 Å². The molecule has 0 atom stereocenters. The molecule has 3 aliphatic rings. The van der Waals surface area contributed by atoms with Gasteiger partial charge in [0.15, 0.2) is 0 Å². The smallest absolute Gasteiger partial charge is 0.317 e. The monoisotopic (exact) mass is 413 g/mol. The lowest BCUT2D eigenvalue weighted by Gasteiger charge is -2.35. The van der Waals surface area contributed by atoms with Crippen molar-refractivity contribution < 1.29 is 4.74 Å². The Bertz CT molecular complexity index is 790. The Kier molecular flexibility index (Phi) is 6.51. The fourth-order valence-electron chi connectivity index (χ4n) is 4.22. The summed E-state index contributed by atoms with van der Waals surface area (Å²) in [7, 11) is 0. The van der Waals surface area contributed by atoms with Crippen LogP contribution < -0.4 is 15.4 Å². The third-order valence-electron chi connectivity index (χ3n) is 6.57. The van der Waals surface area contributed by atoms with Crippen LogP contribution in [-0.2, 0) is 5.54 Å². The van der Waals surface area contributed by atoms with E-state index >= 15 is 0 Å². The predicted molar refractivity (Wildman–Crippen MR) is 117 cm³/mol. The first-order chi connectivity index (χ1) is 14.7. The summed E-state index contributed by atoms with van der Waals surface area (Å²) in [6, 6.07) is 1.15. The van der Waals surface area contributed by atoms with Crippen LogP contribution in [0.4, 0.5) is 5.95 Å². The van der Waals surface area contributed by atoms with Crippen molar-refractivity contribution in [2.45, 2.75) is 76.8 Å². The maximum Gasteiger partial charge on any atom is 0.317 e. The molecule has 8 heteroatoms. The molecule has 2 aromatic heterocycles. The molecule has 2 aliphatic carbocycles. The minimum absolute atomic E-state index is 0.169. The largest absolute Gasteiger partial charge is 0.463 e. The Labute approximate surface area is 179 Å². The second-order valence-corrected chi connectivity index (χ2v) is 8.83. The molecule has 1 saturated heterocycles. The van der Waals surface area contributed by atoms with E-state index in [9.17, 15) is 0 Å². The summed E-state index contributed by atoms with van der Waals surface area (Å²) in [4.78, 5) is 9.07. The molecular weight excluding hydrogens is 378 g/mol. The number of hydrogen-bond donors (Lipinski definition) is 2. The minimum Gasteiger partial charge on any atom is -0.463 e. The molecule has 0 amide bonds. The lowest BCUT2D eigenvalue weighted by atomic mass is 9.72. The van der Waals surface area contributed by atoms with E-state index in [2.05, 4.69) is 42.3 Å². The molecule has 3 fully saturated rings. The van der Waals surface area contributed by atoms with Gasteiger partial charge in [-0.25, -0.2) is 9.97 Å². The normalized spacial score (nSPS) is 24.9. The van der Waals surface area contributed by atoms with Gasteiger partial charge >= 0.3 is 6.01 Å². The van der Waals surface area contributed by atoms with Crippen LogP contribution in [0.25, 0.3) is 0 Å². The number of nitrogens with zero attached hydrogens (tertiary/aromatic N) is 5. The Morgan fingerprint density at radius 1 is 1.17 bits per heavy atom. The van der Waals surface area contributed by atoms with Crippen LogP contribution >= 0.6 is 0 Å². The quantitative estimate of drug-likeness (QED) is 0.719. The second kappa shape index (κ2) is 9.29. The van der Waals surface area contributed by atoms with Gasteiger partial charge in [0.1, 0.15) is 6.33 Å². The first kappa shape index (κ1) is 21.0. The molecule has 164 valence electrons. The first-order valence-electron chi connectivity index (χ1n) is 11.5. The van der Waals surface area contributed by atoms with E-state index < -0.39 is 0 Å². The molecule has 2 aromatic rings. The highest BCUT2D eigenvalue weighted by Gasteiger charge is 2.42. The summed E-state index contributed by atoms with van der Waals surface area (Å²) < 4.78 is 8.07. The molecule has 0 unspecified atom stereocenters. The van der Waals surface area contributed by atoms with Crippen LogP contribution in [0.15, 0.2) is 18.7 Å². The maximum atomic E-state index is 5.98. The van der Waals surface area contributed by atoms with E-state index in [4.69, 9.17) is 4.74 Å². The van der Waals surface area contributed by atoms with Crippen molar-refractivity contribution in [2.24, 2.45) is 5.92 Å². The molecule has 0 radical (unpaired) electrons. The topological polar surface area (TPSA) is 89.8 Å². The van der Waals surface area contributed by atoms with E-state index in [-0.39, 0.29) is 5.54 Å². The summed E-state index contributed by atoms with van der Waals surface area (Å²) in [6.07, 6.45) is 12.6. The van der Waals surface area contributed by atoms with Gasteiger partial charge < -0.3 is 15.4 Å². The zero-order valence-corrected chi connectivity index (χ0v) is 18.5. The van der Waals surface area contributed by atoms with Crippen molar-refractivity contribution in [3.05, 3.63) is 24.3 Å². The Hall–Kier alpha value is -2.22. The molecule has 0 bridgehead atoms. The van der Waals surface area contributed by atoms with Gasteiger partial charge in [-0.2, -0.15) is 0 Å². The van der Waals surface area contributed by atoms with Crippen LogP contribution in [0.2, 0.25) is 0 Å². The highest BCUT2D eigenvalue weighted by atomic mass is 16.5. The number of piperidine rings is 1. The molecule has 30 heavy (non-hydrogen) atoms. The third kappa shape index (κ3) is 4.74. The number of aromatic nitrogens is 5. The summed E-state index contributed by atoms with van der Waals surface area (Å²) in [6.45, 7) is 9.07. The zero-order chi connectivity index (χ0) is 21.0. The molecule has 0 aromatic carbocycles. The summed E-state index contributed by atoms with van der Waals surface area (Å²) in [5.41, 5.74) is 1.41. The summed E-state index contributed by atoms with van der Waals surface area (Å²) >= 11 is 0. The maximum absolute atomic E-state index is 5.98. The fraction of sp³-hybridized carbons (Fsp3) is 0.727. The SMILES string of the molecule is CC.CC1(n2cnnc2OCC2CC(c3cnc(NC4CCNCC4)nc3)C2)CC1. The zero-order valence-electron chi connectivity index (χ0n) is 18.5. The van der Waals surface area contributed by atoms with Crippen LogP contribution in [-0.4, -0.2) is 50.5 Å². The summed E-state index contributed by atoms with van der Waals surface area (Å²) in [5, 5.41) is 15.0. The van der Waals surface area contributed by atoms with Crippen molar-refractivity contribution in [3.8, 4) is 6.01 Å². The Balaban J connectivity index is 0.00000106. The highest BCUT2D eigenvalue weighted by molar-refractivity contribution is 5.28. The van der Waals surface area contributed by atoms with Crippen molar-refractivity contribution in [2.75, 3.05) is 25.0 Å². The van der Waals surface area contributed by atoms with Gasteiger partial charge in [0.2, 0.25) is 5.95 Å². The van der Waals surface area contributed by atoms with Crippen LogP contribution in [0.5, 0.6) is 6.01 Å². The van der Waals surface area contributed by atoms with Gasteiger partial charge in [0.05, 0.1) is 6.61 Å². The van der Waals surface area contributed by atoms with Gasteiger partial charge in [-0.3, -0.25) is 4.57 Å². The molecule has 5 rings (SSSR count). The average Bonchev–Trinajstić information content (AvgIpc) is 3.32. The van der Waals surface area contributed by atoms with E-state index in [0.717, 1.165) is 44.7 Å². The number of rotatable bonds is 7. The highest BCUT2D eigenvalue weighted by Crippen LogP contribution is 2.45. The fourth-order valence-corrected chi connectivity index (χ4v) is 4.22. The minimum atomic E-state index is 0.169. The second-order valence-electron chi connectivity index (χ2n) is 8.83. The molecule has 2 N–H and O–H groups in total. The van der Waals surface area contributed by atoms with Gasteiger partial charge in [-0.05, 0) is 75.9 Å². The number of anilines is 1. The molecule has 2 saturated carbocycles. The predicted octanol–water partition coefficient (Wildman–Crippen LogP) is 3.34. The Morgan fingerprint density at radius 2 is 1.87 bits per heavy atom. The number of ether oxygens (including phenoxy) is 1. The molecule has 8 nitrogen and oxygen atoms in total. The van der Waals surface area contributed by atoms with Crippen molar-refractivity contribution in [1.82, 2.24) is 30.0 Å². The van der Waals surface area contributed by atoms with Gasteiger partial charge in [-0.15, -0.1) is 5.10 Å².